The number of rotatable bonds is 0. The van der Waals surface area contributed by atoms with E-state index < -0.39 is 0 Å². The van der Waals surface area contributed by atoms with E-state index >= 15 is 0 Å². The van der Waals surface area contributed by atoms with Crippen LogP contribution < -0.4 is 0 Å². The van der Waals surface area contributed by atoms with E-state index in [-0.39, 0.29) is 11.8 Å². The summed E-state index contributed by atoms with van der Waals surface area (Å²) in [6.07, 6.45) is 0.660. The van der Waals surface area contributed by atoms with Crippen molar-refractivity contribution in [1.29, 1.82) is 0 Å². The van der Waals surface area contributed by atoms with Crippen LogP contribution in [0.15, 0.2) is 60.7 Å². The van der Waals surface area contributed by atoms with Gasteiger partial charge in [-0.15, -0.1) is 0 Å². The Labute approximate surface area is 123 Å². The van der Waals surface area contributed by atoms with Gasteiger partial charge in [-0.1, -0.05) is 54.6 Å². The van der Waals surface area contributed by atoms with Crippen molar-refractivity contribution in [3.63, 3.8) is 0 Å². The molecule has 0 saturated heterocycles. The minimum absolute atomic E-state index is 0.0502. The summed E-state index contributed by atoms with van der Waals surface area (Å²) in [5.41, 5.74) is 5.16. The number of ketones is 1. The first kappa shape index (κ1) is 11.3. The smallest absolute Gasteiger partial charge is 0.145 e. The maximum absolute atomic E-state index is 12.5. The number of benzene rings is 3. The Morgan fingerprint density at radius 1 is 0.714 bits per heavy atom. The Bertz CT molecular complexity index is 907. The molecule has 0 radical (unpaired) electrons. The van der Waals surface area contributed by atoms with Gasteiger partial charge in [0.15, 0.2) is 0 Å². The van der Waals surface area contributed by atoms with Gasteiger partial charge in [0.2, 0.25) is 0 Å². The zero-order chi connectivity index (χ0) is 14.0. The first-order chi connectivity index (χ1) is 10.3. The highest BCUT2D eigenvalue weighted by Gasteiger charge is 2.42. The van der Waals surface area contributed by atoms with Gasteiger partial charge in [-0.2, -0.15) is 0 Å². The second-order valence-electron chi connectivity index (χ2n) is 6.11. The van der Waals surface area contributed by atoms with Crippen LogP contribution in [0.2, 0.25) is 0 Å². The zero-order valence-corrected chi connectivity index (χ0v) is 11.5. The Kier molecular flexibility index (Phi) is 2.05. The van der Waals surface area contributed by atoms with Gasteiger partial charge in [0.05, 0.1) is 5.92 Å². The monoisotopic (exact) mass is 270 g/mol. The van der Waals surface area contributed by atoms with Crippen LogP contribution in [0.5, 0.6) is 0 Å². The molecule has 21 heavy (non-hydrogen) atoms. The molecule has 0 spiro atoms. The fraction of sp³-hybridized carbons (Fsp3) is 0.150. The molecule has 3 aromatic carbocycles. The molecule has 1 heteroatoms. The first-order valence-electron chi connectivity index (χ1n) is 7.47. The highest BCUT2D eigenvalue weighted by atomic mass is 16.1. The summed E-state index contributed by atoms with van der Waals surface area (Å²) in [5, 5.41) is 2.50. The number of carbonyl (C=O) groups excluding carboxylic acids is 1. The van der Waals surface area contributed by atoms with Crippen LogP contribution in [0.1, 0.15) is 40.5 Å². The molecule has 0 N–H and O–H groups in total. The SMILES string of the molecule is O=C1CC2c3ccccc3C1c1cc3ccccc3cc12. The molecule has 0 heterocycles. The maximum Gasteiger partial charge on any atom is 0.145 e. The lowest BCUT2D eigenvalue weighted by molar-refractivity contribution is -0.120. The average molecular weight is 270 g/mol. The molecule has 2 bridgehead atoms. The second kappa shape index (κ2) is 3.82. The van der Waals surface area contributed by atoms with Crippen molar-refractivity contribution in [2.24, 2.45) is 0 Å². The molecule has 0 aromatic heterocycles. The first-order valence-corrected chi connectivity index (χ1v) is 7.47. The van der Waals surface area contributed by atoms with E-state index in [1.54, 1.807) is 0 Å². The van der Waals surface area contributed by atoms with Crippen LogP contribution >= 0.6 is 0 Å². The Hall–Kier alpha value is -2.41. The molecule has 3 aliphatic carbocycles. The Morgan fingerprint density at radius 2 is 1.33 bits per heavy atom. The summed E-state index contributed by atoms with van der Waals surface area (Å²) < 4.78 is 0. The Morgan fingerprint density at radius 3 is 2.10 bits per heavy atom. The summed E-state index contributed by atoms with van der Waals surface area (Å²) in [6.45, 7) is 0. The third-order valence-electron chi connectivity index (χ3n) is 5.05. The molecule has 6 rings (SSSR count). The van der Waals surface area contributed by atoms with Gasteiger partial charge in [-0.05, 0) is 39.1 Å². The predicted molar refractivity (Wildman–Crippen MR) is 83.7 cm³/mol. The van der Waals surface area contributed by atoms with E-state index in [1.807, 2.05) is 6.07 Å². The summed E-state index contributed by atoms with van der Waals surface area (Å²) >= 11 is 0. The van der Waals surface area contributed by atoms with Crippen LogP contribution in [0.25, 0.3) is 10.8 Å². The van der Waals surface area contributed by atoms with E-state index in [0.717, 1.165) is 0 Å². The maximum atomic E-state index is 12.5. The summed E-state index contributed by atoms with van der Waals surface area (Å²) in [5.74, 6) is 0.575. The van der Waals surface area contributed by atoms with Gasteiger partial charge in [0, 0.05) is 12.3 Å². The minimum atomic E-state index is -0.0502. The second-order valence-corrected chi connectivity index (χ2v) is 6.11. The molecule has 2 unspecified atom stereocenters. The van der Waals surface area contributed by atoms with Gasteiger partial charge in [-0.25, -0.2) is 0 Å². The molecule has 1 nitrogen and oxygen atoms in total. The third kappa shape index (κ3) is 1.38. The van der Waals surface area contributed by atoms with Crippen molar-refractivity contribution in [3.8, 4) is 0 Å². The van der Waals surface area contributed by atoms with Crippen LogP contribution in [0, 0.1) is 0 Å². The van der Waals surface area contributed by atoms with Crippen LogP contribution in [-0.2, 0) is 4.79 Å². The molecule has 0 amide bonds. The van der Waals surface area contributed by atoms with Crippen molar-refractivity contribution < 1.29 is 4.79 Å². The highest BCUT2D eigenvalue weighted by molar-refractivity contribution is 5.98. The minimum Gasteiger partial charge on any atom is -0.299 e. The number of fused-ring (bicyclic) bond motifs is 2. The quantitative estimate of drug-likeness (QED) is 0.592. The average Bonchev–Trinajstić information content (AvgIpc) is 2.53. The Balaban J connectivity index is 1.87. The van der Waals surface area contributed by atoms with Crippen molar-refractivity contribution >= 4 is 16.6 Å². The topological polar surface area (TPSA) is 17.1 Å². The fourth-order valence-electron chi connectivity index (χ4n) is 4.14. The predicted octanol–water partition coefficient (Wildman–Crippen LogP) is 4.39. The van der Waals surface area contributed by atoms with Crippen molar-refractivity contribution in [3.05, 3.63) is 82.9 Å². The molecule has 100 valence electrons. The molecular formula is C20H14O. The van der Waals surface area contributed by atoms with E-state index in [9.17, 15) is 4.79 Å². The van der Waals surface area contributed by atoms with Crippen molar-refractivity contribution in [2.45, 2.75) is 18.3 Å². The van der Waals surface area contributed by atoms with Gasteiger partial charge in [-0.3, -0.25) is 4.79 Å². The number of carbonyl (C=O) groups is 1. The van der Waals surface area contributed by atoms with Crippen LogP contribution in [-0.4, -0.2) is 5.78 Å². The van der Waals surface area contributed by atoms with Crippen molar-refractivity contribution in [2.75, 3.05) is 0 Å². The van der Waals surface area contributed by atoms with E-state index in [2.05, 4.69) is 54.6 Å². The lowest BCUT2D eigenvalue weighted by atomic mass is 9.63. The zero-order valence-electron chi connectivity index (χ0n) is 11.5. The fourth-order valence-corrected chi connectivity index (χ4v) is 4.14. The third-order valence-corrected chi connectivity index (χ3v) is 5.05. The summed E-state index contributed by atoms with van der Waals surface area (Å²) in [6, 6.07) is 21.4. The van der Waals surface area contributed by atoms with Crippen LogP contribution in [0.4, 0.5) is 0 Å². The van der Waals surface area contributed by atoms with Crippen molar-refractivity contribution in [1.82, 2.24) is 0 Å². The van der Waals surface area contributed by atoms with Gasteiger partial charge in [0.25, 0.3) is 0 Å². The number of hydrogen-bond acceptors (Lipinski definition) is 1. The lowest BCUT2D eigenvalue weighted by Crippen LogP contribution is -2.32. The summed E-state index contributed by atoms with van der Waals surface area (Å²) in [7, 11) is 0. The van der Waals surface area contributed by atoms with E-state index in [4.69, 9.17) is 0 Å². The number of hydrogen-bond donors (Lipinski definition) is 0. The van der Waals surface area contributed by atoms with Gasteiger partial charge in [0.1, 0.15) is 5.78 Å². The number of Topliss-reactive ketones (excluding diaryl/α,β-unsaturated/α-hetero) is 1. The van der Waals surface area contributed by atoms with E-state index in [1.165, 1.54) is 33.0 Å². The highest BCUT2D eigenvalue weighted by Crippen LogP contribution is 2.51. The molecule has 3 aliphatic rings. The van der Waals surface area contributed by atoms with E-state index in [0.29, 0.717) is 12.2 Å². The molecular weight excluding hydrogens is 256 g/mol. The van der Waals surface area contributed by atoms with Gasteiger partial charge < -0.3 is 0 Å². The molecule has 0 fully saturated rings. The molecule has 0 aliphatic heterocycles. The molecule has 0 saturated carbocycles. The normalized spacial score (nSPS) is 22.2. The standard InChI is InChI=1S/C20H14O/c21-19-11-17-14-7-3-4-8-15(14)20(19)18-10-13-6-2-1-5-12(13)9-16(17)18/h1-10,17,20H,11H2. The lowest BCUT2D eigenvalue weighted by Gasteiger charge is -2.39. The summed E-state index contributed by atoms with van der Waals surface area (Å²) in [4.78, 5) is 12.5. The largest absolute Gasteiger partial charge is 0.299 e. The molecule has 2 atom stereocenters. The molecule has 3 aromatic rings. The van der Waals surface area contributed by atoms with Crippen LogP contribution in [0.3, 0.4) is 0 Å². The van der Waals surface area contributed by atoms with Gasteiger partial charge >= 0.3 is 0 Å².